The summed E-state index contributed by atoms with van der Waals surface area (Å²) in [6.07, 6.45) is 0. The third-order valence-electron chi connectivity index (χ3n) is 3.22. The fourth-order valence-electron chi connectivity index (χ4n) is 1.92. The average molecular weight is 349 g/mol. The highest BCUT2D eigenvalue weighted by Crippen LogP contribution is 2.23. The molecule has 2 aromatic rings. The lowest BCUT2D eigenvalue weighted by Gasteiger charge is -2.08. The molecule has 2 rings (SSSR count). The first-order valence-electron chi connectivity index (χ1n) is 7.11. The first kappa shape index (κ1) is 17.6. The van der Waals surface area contributed by atoms with Gasteiger partial charge in [-0.1, -0.05) is 11.6 Å². The Morgan fingerprint density at radius 3 is 2.67 bits per heavy atom. The van der Waals surface area contributed by atoms with Gasteiger partial charge in [0.1, 0.15) is 17.2 Å². The van der Waals surface area contributed by atoms with E-state index >= 15 is 0 Å². The van der Waals surface area contributed by atoms with Gasteiger partial charge < -0.3 is 14.9 Å². The summed E-state index contributed by atoms with van der Waals surface area (Å²) in [5.41, 5.74) is 3.99. The zero-order chi connectivity index (χ0) is 17.7. The van der Waals surface area contributed by atoms with Gasteiger partial charge in [0.15, 0.2) is 6.61 Å². The molecule has 7 heteroatoms. The highest BCUT2D eigenvalue weighted by molar-refractivity contribution is 6.31. The molecule has 1 amide bonds. The second-order valence-corrected chi connectivity index (χ2v) is 5.54. The molecule has 126 valence electrons. The third kappa shape index (κ3) is 4.63. The third-order valence-corrected chi connectivity index (χ3v) is 3.64. The molecule has 0 saturated carbocycles. The number of amides is 1. The molecule has 0 spiro atoms. The molecule has 0 bridgehead atoms. The van der Waals surface area contributed by atoms with E-state index in [1.807, 2.05) is 6.92 Å². The van der Waals surface area contributed by atoms with E-state index in [9.17, 15) is 15.0 Å². The number of carbonyl (C=O) groups excluding carboxylic acids is 1. The van der Waals surface area contributed by atoms with Crippen LogP contribution in [0.2, 0.25) is 5.02 Å². The highest BCUT2D eigenvalue weighted by Gasteiger charge is 2.07. The SMILES string of the molecule is C/C(=N\NC(=O)COc1ccc(Cl)c(C)c1)c1ccc(O)cc1O. The van der Waals surface area contributed by atoms with Crippen LogP contribution in [-0.4, -0.2) is 28.4 Å². The molecule has 0 heterocycles. The number of halogens is 1. The number of nitrogens with zero attached hydrogens (tertiary/aromatic N) is 1. The Morgan fingerprint density at radius 1 is 1.25 bits per heavy atom. The van der Waals surface area contributed by atoms with Crippen molar-refractivity contribution in [3.05, 3.63) is 52.5 Å². The number of aromatic hydroxyl groups is 2. The normalized spacial score (nSPS) is 11.2. The van der Waals surface area contributed by atoms with Crippen LogP contribution in [0.4, 0.5) is 0 Å². The van der Waals surface area contributed by atoms with E-state index in [2.05, 4.69) is 10.5 Å². The van der Waals surface area contributed by atoms with E-state index in [4.69, 9.17) is 16.3 Å². The second kappa shape index (κ2) is 7.70. The largest absolute Gasteiger partial charge is 0.508 e. The van der Waals surface area contributed by atoms with E-state index in [-0.39, 0.29) is 18.1 Å². The number of hydrogen-bond donors (Lipinski definition) is 3. The Hall–Kier alpha value is -2.73. The lowest BCUT2D eigenvalue weighted by molar-refractivity contribution is -0.123. The van der Waals surface area contributed by atoms with Gasteiger partial charge >= 0.3 is 0 Å². The summed E-state index contributed by atoms with van der Waals surface area (Å²) in [6, 6.07) is 9.22. The molecule has 0 saturated heterocycles. The molecule has 3 N–H and O–H groups in total. The maximum absolute atomic E-state index is 11.8. The van der Waals surface area contributed by atoms with E-state index < -0.39 is 5.91 Å². The van der Waals surface area contributed by atoms with Crippen molar-refractivity contribution in [2.24, 2.45) is 5.10 Å². The van der Waals surface area contributed by atoms with Crippen LogP contribution < -0.4 is 10.2 Å². The van der Waals surface area contributed by atoms with E-state index in [1.165, 1.54) is 18.2 Å². The highest BCUT2D eigenvalue weighted by atomic mass is 35.5. The molecule has 24 heavy (non-hydrogen) atoms. The van der Waals surface area contributed by atoms with Gasteiger partial charge in [-0.2, -0.15) is 5.10 Å². The number of phenols is 2. The van der Waals surface area contributed by atoms with E-state index in [0.29, 0.717) is 22.0 Å². The van der Waals surface area contributed by atoms with Gasteiger partial charge in [0.25, 0.3) is 5.91 Å². The average Bonchev–Trinajstić information content (AvgIpc) is 2.53. The lowest BCUT2D eigenvalue weighted by atomic mass is 10.1. The molecule has 0 fully saturated rings. The van der Waals surface area contributed by atoms with Crippen LogP contribution >= 0.6 is 11.6 Å². The molecular weight excluding hydrogens is 332 g/mol. The summed E-state index contributed by atoms with van der Waals surface area (Å²) in [7, 11) is 0. The molecule has 6 nitrogen and oxygen atoms in total. The standard InChI is InChI=1S/C17H17ClN2O4/c1-10-7-13(4-6-15(10)18)24-9-17(23)20-19-11(2)14-5-3-12(21)8-16(14)22/h3-8,21-22H,9H2,1-2H3,(H,20,23)/b19-11+. The van der Waals surface area contributed by atoms with Crippen LogP contribution in [0.25, 0.3) is 0 Å². The van der Waals surface area contributed by atoms with Crippen molar-refractivity contribution < 1.29 is 19.7 Å². The number of aryl methyl sites for hydroxylation is 1. The first-order valence-corrected chi connectivity index (χ1v) is 7.49. The van der Waals surface area contributed by atoms with Crippen LogP contribution in [-0.2, 0) is 4.79 Å². The van der Waals surface area contributed by atoms with Crippen LogP contribution in [0.3, 0.4) is 0 Å². The van der Waals surface area contributed by atoms with Crippen molar-refractivity contribution in [1.29, 1.82) is 0 Å². The number of benzene rings is 2. The number of hydrazone groups is 1. The summed E-state index contributed by atoms with van der Waals surface area (Å²) < 4.78 is 5.36. The van der Waals surface area contributed by atoms with Gasteiger partial charge in [0, 0.05) is 16.7 Å². The molecule has 0 aromatic heterocycles. The maximum atomic E-state index is 11.8. The van der Waals surface area contributed by atoms with Crippen LogP contribution in [0.5, 0.6) is 17.2 Å². The quantitative estimate of drug-likeness (QED) is 0.572. The summed E-state index contributed by atoms with van der Waals surface area (Å²) in [6.45, 7) is 3.25. The van der Waals surface area contributed by atoms with Gasteiger partial charge in [-0.15, -0.1) is 0 Å². The predicted octanol–water partition coefficient (Wildman–Crippen LogP) is 2.98. The summed E-state index contributed by atoms with van der Waals surface area (Å²) >= 11 is 5.92. The van der Waals surface area contributed by atoms with E-state index in [0.717, 1.165) is 5.56 Å². The first-order chi connectivity index (χ1) is 11.4. The second-order valence-electron chi connectivity index (χ2n) is 5.13. The zero-order valence-corrected chi connectivity index (χ0v) is 14.0. The molecule has 0 atom stereocenters. The summed E-state index contributed by atoms with van der Waals surface area (Å²) in [4.78, 5) is 11.8. The van der Waals surface area contributed by atoms with Crippen molar-refractivity contribution in [2.45, 2.75) is 13.8 Å². The number of hydrogen-bond acceptors (Lipinski definition) is 5. The molecule has 0 aliphatic rings. The van der Waals surface area contributed by atoms with E-state index in [1.54, 1.807) is 25.1 Å². The Morgan fingerprint density at radius 2 is 2.00 bits per heavy atom. The monoisotopic (exact) mass is 348 g/mol. The fourth-order valence-corrected chi connectivity index (χ4v) is 2.04. The molecule has 2 aromatic carbocycles. The number of nitrogens with one attached hydrogen (secondary N) is 1. The van der Waals surface area contributed by atoms with Crippen LogP contribution in [0.15, 0.2) is 41.5 Å². The molecule has 0 radical (unpaired) electrons. The van der Waals surface area contributed by atoms with Crippen molar-refractivity contribution in [3.63, 3.8) is 0 Å². The number of ether oxygens (including phenoxy) is 1. The summed E-state index contributed by atoms with van der Waals surface area (Å²) in [5, 5.41) is 23.5. The van der Waals surface area contributed by atoms with Gasteiger partial charge in [0.05, 0.1) is 5.71 Å². The molecule has 0 aliphatic carbocycles. The molecule has 0 unspecified atom stereocenters. The number of phenolic OH excluding ortho intramolecular Hbond substituents is 2. The van der Waals surface area contributed by atoms with Crippen molar-refractivity contribution >= 4 is 23.2 Å². The number of rotatable bonds is 5. The lowest BCUT2D eigenvalue weighted by Crippen LogP contribution is -2.25. The van der Waals surface area contributed by atoms with Crippen molar-refractivity contribution in [2.75, 3.05) is 6.61 Å². The molecule has 0 aliphatic heterocycles. The number of carbonyl (C=O) groups is 1. The molecular formula is C17H17ClN2O4. The maximum Gasteiger partial charge on any atom is 0.277 e. The summed E-state index contributed by atoms with van der Waals surface area (Å²) in [5.74, 6) is -0.0951. The smallest absolute Gasteiger partial charge is 0.277 e. The van der Waals surface area contributed by atoms with Crippen LogP contribution in [0.1, 0.15) is 18.1 Å². The minimum atomic E-state index is -0.444. The minimum absolute atomic E-state index is 0.0558. The minimum Gasteiger partial charge on any atom is -0.508 e. The Kier molecular flexibility index (Phi) is 5.65. The topological polar surface area (TPSA) is 91.2 Å². The fraction of sp³-hybridized carbons (Fsp3) is 0.176. The van der Waals surface area contributed by atoms with Gasteiger partial charge in [-0.3, -0.25) is 4.79 Å². The Balaban J connectivity index is 1.93. The van der Waals surface area contributed by atoms with Crippen molar-refractivity contribution in [3.8, 4) is 17.2 Å². The van der Waals surface area contributed by atoms with Gasteiger partial charge in [0.2, 0.25) is 0 Å². The zero-order valence-electron chi connectivity index (χ0n) is 13.2. The van der Waals surface area contributed by atoms with Gasteiger partial charge in [-0.25, -0.2) is 5.43 Å². The Labute approximate surface area is 144 Å². The Bertz CT molecular complexity index is 790. The van der Waals surface area contributed by atoms with Gasteiger partial charge in [-0.05, 0) is 49.7 Å². The van der Waals surface area contributed by atoms with Crippen molar-refractivity contribution in [1.82, 2.24) is 5.43 Å². The predicted molar refractivity (Wildman–Crippen MR) is 91.8 cm³/mol. The van der Waals surface area contributed by atoms with Crippen LogP contribution in [0, 0.1) is 6.92 Å².